The monoisotopic (exact) mass is 419 g/mol. The van der Waals surface area contributed by atoms with Gasteiger partial charge in [-0.3, -0.25) is 9.48 Å². The van der Waals surface area contributed by atoms with Gasteiger partial charge in [0.2, 0.25) is 5.03 Å². The van der Waals surface area contributed by atoms with E-state index < -0.39 is 15.9 Å². The molecule has 1 amide bonds. The van der Waals surface area contributed by atoms with E-state index in [2.05, 4.69) is 47.4 Å². The molecular formula is C20H29N5O3S. The summed E-state index contributed by atoms with van der Waals surface area (Å²) in [5, 5.41) is 6.66. The molecular weight excluding hydrogens is 390 g/mol. The van der Waals surface area contributed by atoms with Crippen LogP contribution in [0.5, 0.6) is 0 Å². The number of amides is 1. The molecule has 1 saturated heterocycles. The van der Waals surface area contributed by atoms with Gasteiger partial charge in [0.15, 0.2) is 0 Å². The van der Waals surface area contributed by atoms with Crippen molar-refractivity contribution in [3.63, 3.8) is 0 Å². The Morgan fingerprint density at radius 2 is 1.86 bits per heavy atom. The SMILES string of the molecule is CCCNC(=O)c1cn(C)nc1S(=O)(=O)N1CCN(c2cc(C)ccc2C)CC1. The van der Waals surface area contributed by atoms with Gasteiger partial charge in [0.05, 0.1) is 5.56 Å². The van der Waals surface area contributed by atoms with Crippen molar-refractivity contribution in [2.45, 2.75) is 32.2 Å². The second kappa shape index (κ2) is 8.54. The van der Waals surface area contributed by atoms with Crippen molar-refractivity contribution >= 4 is 21.6 Å². The number of hydrogen-bond acceptors (Lipinski definition) is 5. The predicted octanol–water partition coefficient (Wildman–Crippen LogP) is 1.69. The van der Waals surface area contributed by atoms with Gasteiger partial charge in [0, 0.05) is 51.7 Å². The van der Waals surface area contributed by atoms with E-state index in [4.69, 9.17) is 0 Å². The minimum atomic E-state index is -3.85. The number of sulfonamides is 1. The zero-order valence-electron chi connectivity index (χ0n) is 17.5. The average Bonchev–Trinajstić information content (AvgIpc) is 3.11. The van der Waals surface area contributed by atoms with Crippen LogP contribution >= 0.6 is 0 Å². The molecule has 9 heteroatoms. The van der Waals surface area contributed by atoms with Crippen molar-refractivity contribution < 1.29 is 13.2 Å². The lowest BCUT2D eigenvalue weighted by Gasteiger charge is -2.36. The summed E-state index contributed by atoms with van der Waals surface area (Å²) in [6.07, 6.45) is 2.23. The lowest BCUT2D eigenvalue weighted by molar-refractivity contribution is 0.0950. The van der Waals surface area contributed by atoms with Gasteiger partial charge >= 0.3 is 0 Å². The molecule has 0 spiro atoms. The molecule has 2 heterocycles. The number of carbonyl (C=O) groups excluding carboxylic acids is 1. The fraction of sp³-hybridized carbons (Fsp3) is 0.500. The summed E-state index contributed by atoms with van der Waals surface area (Å²) < 4.78 is 29.2. The fourth-order valence-electron chi connectivity index (χ4n) is 3.50. The summed E-state index contributed by atoms with van der Waals surface area (Å²) in [7, 11) is -2.23. The summed E-state index contributed by atoms with van der Waals surface area (Å²) in [6.45, 7) is 8.42. The Bertz CT molecular complexity index is 992. The Kier molecular flexibility index (Phi) is 6.28. The minimum Gasteiger partial charge on any atom is -0.369 e. The maximum absolute atomic E-state index is 13.2. The van der Waals surface area contributed by atoms with Crippen LogP contribution < -0.4 is 10.2 Å². The highest BCUT2D eigenvalue weighted by Gasteiger charge is 2.34. The molecule has 0 atom stereocenters. The van der Waals surface area contributed by atoms with E-state index in [1.807, 2.05) is 6.92 Å². The number of piperazine rings is 1. The first-order chi connectivity index (χ1) is 13.7. The molecule has 1 N–H and O–H groups in total. The van der Waals surface area contributed by atoms with Crippen molar-refractivity contribution in [2.24, 2.45) is 7.05 Å². The maximum atomic E-state index is 13.2. The Labute approximate surface area is 172 Å². The molecule has 158 valence electrons. The highest BCUT2D eigenvalue weighted by molar-refractivity contribution is 7.89. The van der Waals surface area contributed by atoms with Crippen molar-refractivity contribution in [2.75, 3.05) is 37.6 Å². The van der Waals surface area contributed by atoms with Gasteiger partial charge < -0.3 is 10.2 Å². The molecule has 1 fully saturated rings. The van der Waals surface area contributed by atoms with E-state index in [9.17, 15) is 13.2 Å². The number of benzene rings is 1. The van der Waals surface area contributed by atoms with Gasteiger partial charge in [0.1, 0.15) is 0 Å². The molecule has 2 aromatic rings. The minimum absolute atomic E-state index is 0.0953. The van der Waals surface area contributed by atoms with Crippen LogP contribution in [0.3, 0.4) is 0 Å². The molecule has 0 bridgehead atoms. The maximum Gasteiger partial charge on any atom is 0.263 e. The number of rotatable bonds is 6. The van der Waals surface area contributed by atoms with E-state index >= 15 is 0 Å². The van der Waals surface area contributed by atoms with Crippen LogP contribution in [0.15, 0.2) is 29.4 Å². The van der Waals surface area contributed by atoms with E-state index in [-0.39, 0.29) is 10.6 Å². The van der Waals surface area contributed by atoms with Gasteiger partial charge in [-0.05, 0) is 37.5 Å². The van der Waals surface area contributed by atoms with E-state index in [1.165, 1.54) is 26.3 Å². The molecule has 1 aromatic heterocycles. The van der Waals surface area contributed by atoms with E-state index in [1.54, 1.807) is 7.05 Å². The average molecular weight is 420 g/mol. The smallest absolute Gasteiger partial charge is 0.263 e. The highest BCUT2D eigenvalue weighted by atomic mass is 32.2. The van der Waals surface area contributed by atoms with Gasteiger partial charge in [-0.1, -0.05) is 19.1 Å². The number of aryl methyl sites for hydroxylation is 3. The summed E-state index contributed by atoms with van der Waals surface area (Å²) in [4.78, 5) is 14.6. The van der Waals surface area contributed by atoms with Crippen molar-refractivity contribution in [1.29, 1.82) is 0 Å². The van der Waals surface area contributed by atoms with Crippen LogP contribution in [0.2, 0.25) is 0 Å². The van der Waals surface area contributed by atoms with Crippen molar-refractivity contribution in [1.82, 2.24) is 19.4 Å². The Morgan fingerprint density at radius 3 is 2.52 bits per heavy atom. The number of carbonyl (C=O) groups is 1. The van der Waals surface area contributed by atoms with Crippen LogP contribution in [0.1, 0.15) is 34.8 Å². The number of anilines is 1. The number of nitrogens with zero attached hydrogens (tertiary/aromatic N) is 4. The molecule has 0 unspecified atom stereocenters. The third kappa shape index (κ3) is 4.45. The molecule has 0 aliphatic carbocycles. The Balaban J connectivity index is 1.79. The van der Waals surface area contributed by atoms with E-state index in [0.717, 1.165) is 12.1 Å². The Hall–Kier alpha value is -2.39. The number of aromatic nitrogens is 2. The van der Waals surface area contributed by atoms with Crippen molar-refractivity contribution in [3.8, 4) is 0 Å². The van der Waals surface area contributed by atoms with Crippen LogP contribution in [0.4, 0.5) is 5.69 Å². The third-order valence-electron chi connectivity index (χ3n) is 5.10. The van der Waals surface area contributed by atoms with Gasteiger partial charge in [-0.15, -0.1) is 0 Å². The molecule has 1 aromatic carbocycles. The molecule has 1 aliphatic heterocycles. The largest absolute Gasteiger partial charge is 0.369 e. The summed E-state index contributed by atoms with van der Waals surface area (Å²) >= 11 is 0. The van der Waals surface area contributed by atoms with Gasteiger partial charge in [-0.2, -0.15) is 9.40 Å². The summed E-state index contributed by atoms with van der Waals surface area (Å²) in [5.41, 5.74) is 3.58. The molecule has 8 nitrogen and oxygen atoms in total. The van der Waals surface area contributed by atoms with Gasteiger partial charge in [0.25, 0.3) is 15.9 Å². The van der Waals surface area contributed by atoms with Crippen LogP contribution in [0, 0.1) is 13.8 Å². The highest BCUT2D eigenvalue weighted by Crippen LogP contribution is 2.25. The normalized spacial score (nSPS) is 15.5. The van der Waals surface area contributed by atoms with Crippen LogP contribution in [-0.4, -0.2) is 61.1 Å². The molecule has 0 radical (unpaired) electrons. The van der Waals surface area contributed by atoms with Crippen molar-refractivity contribution in [3.05, 3.63) is 41.1 Å². The van der Waals surface area contributed by atoms with Crippen LogP contribution in [-0.2, 0) is 17.1 Å². The Morgan fingerprint density at radius 1 is 1.17 bits per heavy atom. The van der Waals surface area contributed by atoms with Crippen LogP contribution in [0.25, 0.3) is 0 Å². The van der Waals surface area contributed by atoms with E-state index in [0.29, 0.717) is 32.7 Å². The molecule has 0 saturated carbocycles. The first kappa shape index (κ1) is 21.3. The second-order valence-electron chi connectivity index (χ2n) is 7.46. The fourth-order valence-corrected chi connectivity index (χ4v) is 5.04. The number of hydrogen-bond donors (Lipinski definition) is 1. The quantitative estimate of drug-likeness (QED) is 0.770. The first-order valence-corrected chi connectivity index (χ1v) is 11.3. The zero-order valence-corrected chi connectivity index (χ0v) is 18.3. The summed E-state index contributed by atoms with van der Waals surface area (Å²) in [5.74, 6) is -0.410. The topological polar surface area (TPSA) is 87.5 Å². The lowest BCUT2D eigenvalue weighted by Crippen LogP contribution is -2.49. The molecule has 1 aliphatic rings. The first-order valence-electron chi connectivity index (χ1n) is 9.88. The predicted molar refractivity (Wildman–Crippen MR) is 113 cm³/mol. The van der Waals surface area contributed by atoms with Gasteiger partial charge in [-0.25, -0.2) is 8.42 Å². The molecule has 29 heavy (non-hydrogen) atoms. The standard InChI is InChI=1S/C20H29N5O3S/c1-5-8-21-19(26)17-14-23(4)22-20(17)29(27,28)25-11-9-24(10-12-25)18-13-15(2)6-7-16(18)3/h6-7,13-14H,5,8-12H2,1-4H3,(H,21,26). The zero-order chi connectivity index (χ0) is 21.2. The third-order valence-corrected chi connectivity index (χ3v) is 6.94. The number of nitrogens with one attached hydrogen (secondary N) is 1. The second-order valence-corrected chi connectivity index (χ2v) is 9.31. The molecule has 3 rings (SSSR count). The lowest BCUT2D eigenvalue weighted by atomic mass is 10.1. The summed E-state index contributed by atoms with van der Waals surface area (Å²) in [6, 6.07) is 6.29.